The molecule has 0 aliphatic rings. The molecule has 24 heavy (non-hydrogen) atoms. The van der Waals surface area contributed by atoms with E-state index in [0.29, 0.717) is 10.8 Å². The lowest BCUT2D eigenvalue weighted by Crippen LogP contribution is -2.22. The van der Waals surface area contributed by atoms with Gasteiger partial charge in [-0.05, 0) is 43.3 Å². The second kappa shape index (κ2) is 7.14. The first-order valence-electron chi connectivity index (χ1n) is 7.38. The smallest absolute Gasteiger partial charge is 0.244 e. The van der Waals surface area contributed by atoms with Crippen molar-refractivity contribution in [2.75, 3.05) is 17.2 Å². The average molecular weight is 342 g/mol. The van der Waals surface area contributed by atoms with E-state index in [-0.39, 0.29) is 12.5 Å². The van der Waals surface area contributed by atoms with E-state index in [4.69, 9.17) is 11.6 Å². The molecule has 6 nitrogen and oxygen atoms in total. The van der Waals surface area contributed by atoms with Gasteiger partial charge in [-0.15, -0.1) is 0 Å². The van der Waals surface area contributed by atoms with Gasteiger partial charge in [0.15, 0.2) is 0 Å². The standard InChI is InChI=1S/C17H16ClN5O/c1-11-16(12-6-8-19-9-7-12)22-23-17(11)21-15(24)10-20-14-4-2-13(18)3-5-14/h2-9,20H,10H2,1H3,(H2,21,22,23,24). The Kier molecular flexibility index (Phi) is 4.77. The Morgan fingerprint density at radius 3 is 2.58 bits per heavy atom. The Balaban J connectivity index is 1.63. The third-order valence-corrected chi connectivity index (χ3v) is 3.78. The zero-order chi connectivity index (χ0) is 16.9. The summed E-state index contributed by atoms with van der Waals surface area (Å²) >= 11 is 5.83. The molecule has 1 amide bonds. The summed E-state index contributed by atoms with van der Waals surface area (Å²) < 4.78 is 0. The summed E-state index contributed by atoms with van der Waals surface area (Å²) in [5, 5.41) is 13.6. The van der Waals surface area contributed by atoms with Gasteiger partial charge in [-0.25, -0.2) is 0 Å². The van der Waals surface area contributed by atoms with E-state index < -0.39 is 0 Å². The van der Waals surface area contributed by atoms with Gasteiger partial charge in [-0.2, -0.15) is 5.10 Å². The van der Waals surface area contributed by atoms with Crippen LogP contribution in [-0.4, -0.2) is 27.6 Å². The molecule has 0 saturated carbocycles. The highest BCUT2D eigenvalue weighted by molar-refractivity contribution is 6.30. The maximum atomic E-state index is 12.1. The predicted molar refractivity (Wildman–Crippen MR) is 95.1 cm³/mol. The van der Waals surface area contributed by atoms with Crippen LogP contribution < -0.4 is 10.6 Å². The van der Waals surface area contributed by atoms with Crippen LogP contribution >= 0.6 is 11.6 Å². The Labute approximate surface area is 144 Å². The summed E-state index contributed by atoms with van der Waals surface area (Å²) in [4.78, 5) is 16.1. The molecule has 0 fully saturated rings. The molecule has 0 atom stereocenters. The van der Waals surface area contributed by atoms with Crippen molar-refractivity contribution >= 4 is 29.0 Å². The lowest BCUT2D eigenvalue weighted by molar-refractivity contribution is -0.114. The van der Waals surface area contributed by atoms with Gasteiger partial charge in [0, 0.05) is 34.2 Å². The number of pyridine rings is 1. The summed E-state index contributed by atoms with van der Waals surface area (Å²) in [5.74, 6) is 0.419. The number of aromatic amines is 1. The molecule has 0 spiro atoms. The molecule has 0 radical (unpaired) electrons. The number of hydrogen-bond acceptors (Lipinski definition) is 4. The molecule has 0 saturated heterocycles. The second-order valence-electron chi connectivity index (χ2n) is 5.22. The van der Waals surface area contributed by atoms with Gasteiger partial charge in [-0.1, -0.05) is 11.6 Å². The molecular weight excluding hydrogens is 326 g/mol. The SMILES string of the molecule is Cc1c(-c2ccncc2)n[nH]c1NC(=O)CNc1ccc(Cl)cc1. The molecule has 2 aromatic heterocycles. The van der Waals surface area contributed by atoms with E-state index in [1.807, 2.05) is 31.2 Å². The van der Waals surface area contributed by atoms with Crippen molar-refractivity contribution in [1.82, 2.24) is 15.2 Å². The highest BCUT2D eigenvalue weighted by Crippen LogP contribution is 2.25. The van der Waals surface area contributed by atoms with Crippen LogP contribution in [0.15, 0.2) is 48.8 Å². The fraction of sp³-hybridized carbons (Fsp3) is 0.118. The fourth-order valence-corrected chi connectivity index (χ4v) is 2.37. The number of carbonyl (C=O) groups excluding carboxylic acids is 1. The molecule has 3 aromatic rings. The van der Waals surface area contributed by atoms with Crippen LogP contribution in [0.4, 0.5) is 11.5 Å². The lowest BCUT2D eigenvalue weighted by Gasteiger charge is -2.07. The van der Waals surface area contributed by atoms with Crippen LogP contribution in [0.1, 0.15) is 5.56 Å². The first kappa shape index (κ1) is 16.0. The lowest BCUT2D eigenvalue weighted by atomic mass is 10.1. The largest absolute Gasteiger partial charge is 0.376 e. The van der Waals surface area contributed by atoms with Crippen molar-refractivity contribution in [2.24, 2.45) is 0 Å². The molecule has 0 unspecified atom stereocenters. The zero-order valence-electron chi connectivity index (χ0n) is 13.0. The van der Waals surface area contributed by atoms with Crippen LogP contribution in [0, 0.1) is 6.92 Å². The summed E-state index contributed by atoms with van der Waals surface area (Å²) in [5.41, 5.74) is 3.44. The number of nitrogens with zero attached hydrogens (tertiary/aromatic N) is 2. The molecule has 1 aromatic carbocycles. The van der Waals surface area contributed by atoms with E-state index in [9.17, 15) is 4.79 Å². The highest BCUT2D eigenvalue weighted by atomic mass is 35.5. The summed E-state index contributed by atoms with van der Waals surface area (Å²) in [6.45, 7) is 2.05. The first-order chi connectivity index (χ1) is 11.6. The Hall–Kier alpha value is -2.86. The first-order valence-corrected chi connectivity index (χ1v) is 7.76. The molecular formula is C17H16ClN5O. The number of aromatic nitrogens is 3. The van der Waals surface area contributed by atoms with Crippen LogP contribution in [0.2, 0.25) is 5.02 Å². The van der Waals surface area contributed by atoms with Gasteiger partial charge in [0.2, 0.25) is 5.91 Å². The van der Waals surface area contributed by atoms with Crippen LogP contribution in [0.5, 0.6) is 0 Å². The number of nitrogens with one attached hydrogen (secondary N) is 3. The Morgan fingerprint density at radius 2 is 1.88 bits per heavy atom. The molecule has 3 rings (SSSR count). The van der Waals surface area contributed by atoms with Crippen LogP contribution in [-0.2, 0) is 4.79 Å². The van der Waals surface area contributed by atoms with Crippen molar-refractivity contribution in [3.63, 3.8) is 0 Å². The molecule has 3 N–H and O–H groups in total. The van der Waals surface area contributed by atoms with E-state index in [2.05, 4.69) is 25.8 Å². The van der Waals surface area contributed by atoms with E-state index in [1.54, 1.807) is 24.5 Å². The minimum absolute atomic E-state index is 0.144. The summed E-state index contributed by atoms with van der Waals surface area (Å²) in [7, 11) is 0. The summed E-state index contributed by atoms with van der Waals surface area (Å²) in [6, 6.07) is 10.9. The number of benzene rings is 1. The molecule has 122 valence electrons. The number of halogens is 1. The van der Waals surface area contributed by atoms with E-state index in [1.165, 1.54) is 0 Å². The van der Waals surface area contributed by atoms with Gasteiger partial charge in [0.25, 0.3) is 0 Å². The molecule has 0 bridgehead atoms. The van der Waals surface area contributed by atoms with Crippen molar-refractivity contribution in [1.29, 1.82) is 0 Å². The quantitative estimate of drug-likeness (QED) is 0.663. The summed E-state index contributed by atoms with van der Waals surface area (Å²) in [6.07, 6.45) is 3.41. The molecule has 7 heteroatoms. The molecule has 0 aliphatic carbocycles. The minimum atomic E-state index is -0.169. The van der Waals surface area contributed by atoms with Crippen LogP contribution in [0.3, 0.4) is 0 Å². The Morgan fingerprint density at radius 1 is 1.17 bits per heavy atom. The maximum Gasteiger partial charge on any atom is 0.244 e. The monoisotopic (exact) mass is 341 g/mol. The van der Waals surface area contributed by atoms with Gasteiger partial charge >= 0.3 is 0 Å². The predicted octanol–water partition coefficient (Wildman–Crippen LogP) is 3.48. The molecule has 2 heterocycles. The normalized spacial score (nSPS) is 10.4. The van der Waals surface area contributed by atoms with Crippen molar-refractivity contribution < 1.29 is 4.79 Å². The molecule has 0 aliphatic heterocycles. The second-order valence-corrected chi connectivity index (χ2v) is 5.65. The highest BCUT2D eigenvalue weighted by Gasteiger charge is 2.12. The van der Waals surface area contributed by atoms with Gasteiger partial charge in [-0.3, -0.25) is 14.9 Å². The fourth-order valence-electron chi connectivity index (χ4n) is 2.24. The number of hydrogen-bond donors (Lipinski definition) is 3. The number of amides is 1. The van der Waals surface area contributed by atoms with E-state index >= 15 is 0 Å². The van der Waals surface area contributed by atoms with Gasteiger partial charge in [0.1, 0.15) is 5.82 Å². The topological polar surface area (TPSA) is 82.7 Å². The number of H-pyrrole nitrogens is 1. The van der Waals surface area contributed by atoms with Gasteiger partial charge < -0.3 is 10.6 Å². The van der Waals surface area contributed by atoms with Crippen molar-refractivity contribution in [3.05, 3.63) is 59.4 Å². The number of rotatable bonds is 5. The Bertz CT molecular complexity index is 830. The number of carbonyl (C=O) groups is 1. The average Bonchev–Trinajstić information content (AvgIpc) is 2.96. The third-order valence-electron chi connectivity index (χ3n) is 3.53. The van der Waals surface area contributed by atoms with Gasteiger partial charge in [0.05, 0.1) is 12.2 Å². The van der Waals surface area contributed by atoms with Crippen molar-refractivity contribution in [3.8, 4) is 11.3 Å². The third kappa shape index (κ3) is 3.72. The van der Waals surface area contributed by atoms with E-state index in [0.717, 1.165) is 22.5 Å². The van der Waals surface area contributed by atoms with Crippen molar-refractivity contribution in [2.45, 2.75) is 6.92 Å². The maximum absolute atomic E-state index is 12.1. The number of anilines is 2. The zero-order valence-corrected chi connectivity index (χ0v) is 13.8. The van der Waals surface area contributed by atoms with Crippen LogP contribution in [0.25, 0.3) is 11.3 Å². The minimum Gasteiger partial charge on any atom is -0.376 e.